The lowest BCUT2D eigenvalue weighted by Gasteiger charge is -2.10. The van der Waals surface area contributed by atoms with E-state index in [1.165, 1.54) is 6.20 Å². The number of hydrogen-bond donors (Lipinski definition) is 3. The Hall–Kier alpha value is -2.11. The van der Waals surface area contributed by atoms with Crippen molar-refractivity contribution in [3.8, 4) is 0 Å². The molecule has 18 heavy (non-hydrogen) atoms. The first-order valence-electron chi connectivity index (χ1n) is 5.96. The fraction of sp³-hybridized carbons (Fsp3) is 0.417. The van der Waals surface area contributed by atoms with Crippen LogP contribution >= 0.6 is 0 Å². The molecule has 1 fully saturated rings. The Balaban J connectivity index is 1.94. The average molecular weight is 248 g/mol. The highest BCUT2D eigenvalue weighted by molar-refractivity contribution is 5.95. The Morgan fingerprint density at radius 2 is 2.39 bits per heavy atom. The topological polar surface area (TPSA) is 83.1 Å². The highest BCUT2D eigenvalue weighted by atomic mass is 16.2. The average Bonchev–Trinajstić information content (AvgIpc) is 2.76. The molecule has 2 rings (SSSR count). The van der Waals surface area contributed by atoms with Gasteiger partial charge >= 0.3 is 0 Å². The van der Waals surface area contributed by atoms with Crippen LogP contribution in [0.15, 0.2) is 18.3 Å². The predicted octanol–water partition coefficient (Wildman–Crippen LogP) is 0.132. The fourth-order valence-corrected chi connectivity index (χ4v) is 1.79. The maximum atomic E-state index is 11.9. The molecule has 0 aliphatic carbocycles. The monoisotopic (exact) mass is 248 g/mol. The SMILES string of the molecule is CCNc1ccc(C(=O)NC2CNC(=O)C2)cn1. The van der Waals surface area contributed by atoms with Crippen molar-refractivity contribution < 1.29 is 9.59 Å². The van der Waals surface area contributed by atoms with Crippen LogP contribution < -0.4 is 16.0 Å². The zero-order valence-corrected chi connectivity index (χ0v) is 10.2. The molecule has 1 atom stereocenters. The maximum absolute atomic E-state index is 11.9. The quantitative estimate of drug-likeness (QED) is 0.707. The maximum Gasteiger partial charge on any atom is 0.253 e. The summed E-state index contributed by atoms with van der Waals surface area (Å²) in [6.07, 6.45) is 1.87. The molecule has 96 valence electrons. The van der Waals surface area contributed by atoms with Crippen molar-refractivity contribution in [3.63, 3.8) is 0 Å². The van der Waals surface area contributed by atoms with E-state index in [0.29, 0.717) is 18.5 Å². The van der Waals surface area contributed by atoms with Gasteiger partial charge in [-0.3, -0.25) is 9.59 Å². The van der Waals surface area contributed by atoms with E-state index in [1.807, 2.05) is 6.92 Å². The third-order valence-corrected chi connectivity index (χ3v) is 2.70. The summed E-state index contributed by atoms with van der Waals surface area (Å²) in [4.78, 5) is 27.0. The molecular weight excluding hydrogens is 232 g/mol. The smallest absolute Gasteiger partial charge is 0.253 e. The number of pyridine rings is 1. The van der Waals surface area contributed by atoms with Crippen molar-refractivity contribution in [1.82, 2.24) is 15.6 Å². The van der Waals surface area contributed by atoms with Gasteiger partial charge in [-0.1, -0.05) is 0 Å². The molecule has 0 radical (unpaired) electrons. The van der Waals surface area contributed by atoms with Crippen LogP contribution in [0.3, 0.4) is 0 Å². The molecule has 6 heteroatoms. The van der Waals surface area contributed by atoms with Crippen LogP contribution in [-0.2, 0) is 4.79 Å². The van der Waals surface area contributed by atoms with Crippen LogP contribution in [-0.4, -0.2) is 35.9 Å². The van der Waals surface area contributed by atoms with Gasteiger partial charge in [0.2, 0.25) is 5.91 Å². The minimum absolute atomic E-state index is 0.0269. The summed E-state index contributed by atoms with van der Waals surface area (Å²) in [6.45, 7) is 3.26. The van der Waals surface area contributed by atoms with Gasteiger partial charge < -0.3 is 16.0 Å². The van der Waals surface area contributed by atoms with Gasteiger partial charge in [-0.2, -0.15) is 0 Å². The summed E-state index contributed by atoms with van der Waals surface area (Å²) in [5, 5.41) is 8.52. The van der Waals surface area contributed by atoms with Crippen LogP contribution in [0.4, 0.5) is 5.82 Å². The lowest BCUT2D eigenvalue weighted by atomic mass is 10.2. The van der Waals surface area contributed by atoms with E-state index in [-0.39, 0.29) is 17.9 Å². The highest BCUT2D eigenvalue weighted by Crippen LogP contribution is 2.06. The van der Waals surface area contributed by atoms with Crippen molar-refractivity contribution in [2.75, 3.05) is 18.4 Å². The second-order valence-corrected chi connectivity index (χ2v) is 4.14. The molecule has 1 unspecified atom stereocenters. The first-order chi connectivity index (χ1) is 8.69. The summed E-state index contributed by atoms with van der Waals surface area (Å²) in [6, 6.07) is 3.35. The van der Waals surface area contributed by atoms with Gasteiger partial charge in [-0.15, -0.1) is 0 Å². The Kier molecular flexibility index (Phi) is 3.76. The van der Waals surface area contributed by atoms with Crippen LogP contribution in [0.1, 0.15) is 23.7 Å². The molecule has 3 N–H and O–H groups in total. The Labute approximate surface area is 105 Å². The van der Waals surface area contributed by atoms with Crippen LogP contribution in [0.2, 0.25) is 0 Å². The molecule has 0 spiro atoms. The minimum atomic E-state index is -0.202. The lowest BCUT2D eigenvalue weighted by Crippen LogP contribution is -2.36. The third-order valence-electron chi connectivity index (χ3n) is 2.70. The van der Waals surface area contributed by atoms with Crippen LogP contribution in [0, 0.1) is 0 Å². The van der Waals surface area contributed by atoms with Crippen molar-refractivity contribution in [2.24, 2.45) is 0 Å². The van der Waals surface area contributed by atoms with E-state index in [9.17, 15) is 9.59 Å². The van der Waals surface area contributed by atoms with Crippen LogP contribution in [0.5, 0.6) is 0 Å². The Morgan fingerprint density at radius 1 is 1.56 bits per heavy atom. The van der Waals surface area contributed by atoms with Crippen LogP contribution in [0.25, 0.3) is 0 Å². The molecule has 1 aromatic rings. The summed E-state index contributed by atoms with van der Waals surface area (Å²) in [7, 11) is 0. The molecule has 0 saturated carbocycles. The summed E-state index contributed by atoms with van der Waals surface area (Å²) in [5.74, 6) is 0.514. The number of nitrogens with zero attached hydrogens (tertiary/aromatic N) is 1. The number of rotatable bonds is 4. The number of amides is 2. The Morgan fingerprint density at radius 3 is 2.94 bits per heavy atom. The van der Waals surface area contributed by atoms with E-state index in [1.54, 1.807) is 12.1 Å². The normalized spacial score (nSPS) is 18.3. The molecule has 0 bridgehead atoms. The van der Waals surface area contributed by atoms with Crippen molar-refractivity contribution in [3.05, 3.63) is 23.9 Å². The van der Waals surface area contributed by atoms with E-state index >= 15 is 0 Å². The molecule has 1 aromatic heterocycles. The molecule has 1 aliphatic heterocycles. The second kappa shape index (κ2) is 5.48. The van der Waals surface area contributed by atoms with E-state index in [2.05, 4.69) is 20.9 Å². The largest absolute Gasteiger partial charge is 0.370 e. The number of anilines is 1. The first kappa shape index (κ1) is 12.3. The van der Waals surface area contributed by atoms with Gasteiger partial charge in [-0.25, -0.2) is 4.98 Å². The fourth-order valence-electron chi connectivity index (χ4n) is 1.79. The molecule has 1 aliphatic rings. The molecule has 2 heterocycles. The molecule has 1 saturated heterocycles. The highest BCUT2D eigenvalue weighted by Gasteiger charge is 2.23. The zero-order valence-electron chi connectivity index (χ0n) is 10.2. The van der Waals surface area contributed by atoms with E-state index < -0.39 is 0 Å². The van der Waals surface area contributed by atoms with Gasteiger partial charge in [0.1, 0.15) is 5.82 Å². The van der Waals surface area contributed by atoms with Crippen molar-refractivity contribution in [2.45, 2.75) is 19.4 Å². The number of carbonyl (C=O) groups is 2. The second-order valence-electron chi connectivity index (χ2n) is 4.14. The number of hydrogen-bond acceptors (Lipinski definition) is 4. The van der Waals surface area contributed by atoms with Gasteiger partial charge in [-0.05, 0) is 19.1 Å². The van der Waals surface area contributed by atoms with Crippen molar-refractivity contribution in [1.29, 1.82) is 0 Å². The molecular formula is C12H16N4O2. The van der Waals surface area contributed by atoms with Gasteiger partial charge in [0.05, 0.1) is 11.6 Å². The first-order valence-corrected chi connectivity index (χ1v) is 5.96. The zero-order chi connectivity index (χ0) is 13.0. The minimum Gasteiger partial charge on any atom is -0.370 e. The number of aromatic nitrogens is 1. The van der Waals surface area contributed by atoms with Gasteiger partial charge in [0.25, 0.3) is 5.91 Å². The summed E-state index contributed by atoms with van der Waals surface area (Å²) >= 11 is 0. The Bertz CT molecular complexity index is 444. The number of nitrogens with one attached hydrogen (secondary N) is 3. The molecule has 6 nitrogen and oxygen atoms in total. The number of carbonyl (C=O) groups excluding carboxylic acids is 2. The standard InChI is InChI=1S/C12H16N4O2/c1-2-13-10-4-3-8(6-14-10)12(18)16-9-5-11(17)15-7-9/h3-4,6,9H,2,5,7H2,1H3,(H,13,14)(H,15,17)(H,16,18). The van der Waals surface area contributed by atoms with E-state index in [0.717, 1.165) is 12.4 Å². The summed E-state index contributed by atoms with van der Waals surface area (Å²) < 4.78 is 0. The molecule has 0 aromatic carbocycles. The van der Waals surface area contributed by atoms with E-state index in [4.69, 9.17) is 0 Å². The molecule has 2 amide bonds. The summed E-state index contributed by atoms with van der Waals surface area (Å²) in [5.41, 5.74) is 0.496. The van der Waals surface area contributed by atoms with Gasteiger partial charge in [0.15, 0.2) is 0 Å². The predicted molar refractivity (Wildman–Crippen MR) is 67.3 cm³/mol. The lowest BCUT2D eigenvalue weighted by molar-refractivity contribution is -0.119. The van der Waals surface area contributed by atoms with Crippen molar-refractivity contribution >= 4 is 17.6 Å². The third kappa shape index (κ3) is 2.97. The van der Waals surface area contributed by atoms with Gasteiger partial charge in [0, 0.05) is 25.7 Å².